The Balaban J connectivity index is 2.49. The zero-order valence-electron chi connectivity index (χ0n) is 12.5. The third kappa shape index (κ3) is 3.32. The van der Waals surface area contributed by atoms with Gasteiger partial charge in [0.2, 0.25) is 0 Å². The number of halogens is 1. The molecule has 2 aromatic rings. The minimum Gasteiger partial charge on any atom is -0.373 e. The molecule has 2 heteroatoms. The van der Waals surface area contributed by atoms with E-state index in [9.17, 15) is 9.50 Å². The van der Waals surface area contributed by atoms with Crippen molar-refractivity contribution < 1.29 is 9.50 Å². The molecule has 1 atom stereocenters. The van der Waals surface area contributed by atoms with Crippen LogP contribution in [0.4, 0.5) is 4.39 Å². The molecule has 0 aliphatic carbocycles. The summed E-state index contributed by atoms with van der Waals surface area (Å²) in [5.41, 5.74) is -0.425. The van der Waals surface area contributed by atoms with Crippen LogP contribution < -0.4 is 0 Å². The van der Waals surface area contributed by atoms with Crippen molar-refractivity contribution in [3.05, 3.63) is 71.5 Å². The first-order valence-corrected chi connectivity index (χ1v) is 6.89. The fourth-order valence-electron chi connectivity index (χ4n) is 2.07. The lowest BCUT2D eigenvalue weighted by Gasteiger charge is -2.36. The van der Waals surface area contributed by atoms with E-state index >= 15 is 0 Å². The lowest BCUT2D eigenvalue weighted by molar-refractivity contribution is -0.00905. The minimum absolute atomic E-state index is 0.328. The van der Waals surface area contributed by atoms with Gasteiger partial charge in [-0.3, -0.25) is 0 Å². The van der Waals surface area contributed by atoms with Gasteiger partial charge in [-0.25, -0.2) is 4.39 Å². The van der Waals surface area contributed by atoms with E-state index in [1.165, 1.54) is 12.1 Å². The maximum Gasteiger partial charge on any atom is 0.156 e. The van der Waals surface area contributed by atoms with E-state index in [2.05, 4.69) is 11.8 Å². The minimum atomic E-state index is -1.35. The molecule has 2 aromatic carbocycles. The smallest absolute Gasteiger partial charge is 0.156 e. The molecular formula is C19H19FO. The molecule has 0 bridgehead atoms. The van der Waals surface area contributed by atoms with E-state index in [4.69, 9.17) is 0 Å². The Morgan fingerprint density at radius 2 is 1.48 bits per heavy atom. The fraction of sp³-hybridized carbons (Fsp3) is 0.263. The SMILES string of the molecule is CC(C)(C)C(O)(C#Cc1ccccc1)c1ccc(F)cc1. The summed E-state index contributed by atoms with van der Waals surface area (Å²) in [4.78, 5) is 0. The topological polar surface area (TPSA) is 20.2 Å². The first-order chi connectivity index (χ1) is 9.83. The predicted octanol–water partition coefficient (Wildman–Crippen LogP) is 4.11. The summed E-state index contributed by atoms with van der Waals surface area (Å²) in [6.45, 7) is 5.74. The highest BCUT2D eigenvalue weighted by Crippen LogP contribution is 2.38. The number of hydrogen-bond donors (Lipinski definition) is 1. The van der Waals surface area contributed by atoms with E-state index in [0.717, 1.165) is 5.56 Å². The van der Waals surface area contributed by atoms with Crippen LogP contribution in [0.15, 0.2) is 54.6 Å². The normalized spacial score (nSPS) is 14.0. The number of rotatable bonds is 1. The van der Waals surface area contributed by atoms with Gasteiger partial charge in [0.1, 0.15) is 5.82 Å². The van der Waals surface area contributed by atoms with Crippen molar-refractivity contribution in [2.24, 2.45) is 5.41 Å². The fourth-order valence-corrected chi connectivity index (χ4v) is 2.07. The molecule has 0 heterocycles. The molecule has 2 rings (SSSR count). The van der Waals surface area contributed by atoms with Gasteiger partial charge < -0.3 is 5.11 Å². The van der Waals surface area contributed by atoms with Crippen LogP contribution in [0.1, 0.15) is 31.9 Å². The third-order valence-corrected chi connectivity index (χ3v) is 3.51. The summed E-state index contributed by atoms with van der Waals surface area (Å²) < 4.78 is 13.1. The maximum absolute atomic E-state index is 13.1. The van der Waals surface area contributed by atoms with Crippen molar-refractivity contribution in [2.75, 3.05) is 0 Å². The molecule has 0 fully saturated rings. The average Bonchev–Trinajstić information content (AvgIpc) is 2.45. The highest BCUT2D eigenvalue weighted by atomic mass is 19.1. The van der Waals surface area contributed by atoms with Gasteiger partial charge in [-0.1, -0.05) is 62.9 Å². The van der Waals surface area contributed by atoms with E-state index in [-0.39, 0.29) is 5.82 Å². The Bertz CT molecular complexity index is 657. The largest absolute Gasteiger partial charge is 0.373 e. The van der Waals surface area contributed by atoms with Crippen LogP contribution in [0.5, 0.6) is 0 Å². The summed E-state index contributed by atoms with van der Waals surface area (Å²) in [5, 5.41) is 11.1. The highest BCUT2D eigenvalue weighted by molar-refractivity contribution is 5.41. The monoisotopic (exact) mass is 282 g/mol. The average molecular weight is 282 g/mol. The molecule has 0 aliphatic rings. The van der Waals surface area contributed by atoms with E-state index in [0.29, 0.717) is 5.56 Å². The van der Waals surface area contributed by atoms with E-state index < -0.39 is 11.0 Å². The molecule has 0 radical (unpaired) electrons. The molecule has 1 unspecified atom stereocenters. The number of hydrogen-bond acceptors (Lipinski definition) is 1. The van der Waals surface area contributed by atoms with Gasteiger partial charge in [0.25, 0.3) is 0 Å². The van der Waals surface area contributed by atoms with Gasteiger partial charge >= 0.3 is 0 Å². The first kappa shape index (κ1) is 15.3. The van der Waals surface area contributed by atoms with E-state index in [1.54, 1.807) is 12.1 Å². The molecule has 0 aliphatic heterocycles. The Kier molecular flexibility index (Phi) is 4.16. The zero-order chi connectivity index (χ0) is 15.5. The summed E-state index contributed by atoms with van der Waals surface area (Å²) in [6, 6.07) is 15.4. The van der Waals surface area contributed by atoms with Crippen molar-refractivity contribution in [3.63, 3.8) is 0 Å². The Morgan fingerprint density at radius 3 is 2.00 bits per heavy atom. The molecule has 0 spiro atoms. The standard InChI is InChI=1S/C19H19FO/c1-18(2,3)19(21,16-9-11-17(20)12-10-16)14-13-15-7-5-4-6-8-15/h4-12,21H,1-3H3. The van der Waals surface area contributed by atoms with Crippen LogP contribution in [-0.2, 0) is 5.60 Å². The van der Waals surface area contributed by atoms with Crippen LogP contribution in [0, 0.1) is 23.1 Å². The van der Waals surface area contributed by atoms with Crippen LogP contribution in [0.3, 0.4) is 0 Å². The van der Waals surface area contributed by atoms with Crippen molar-refractivity contribution in [1.82, 2.24) is 0 Å². The number of aliphatic hydroxyl groups is 1. The van der Waals surface area contributed by atoms with Gasteiger partial charge in [-0.05, 0) is 29.8 Å². The molecule has 21 heavy (non-hydrogen) atoms. The lowest BCUT2D eigenvalue weighted by Crippen LogP contribution is -2.38. The summed E-state index contributed by atoms with van der Waals surface area (Å²) >= 11 is 0. The zero-order valence-corrected chi connectivity index (χ0v) is 12.5. The van der Waals surface area contributed by atoms with Gasteiger partial charge in [0, 0.05) is 11.0 Å². The maximum atomic E-state index is 13.1. The lowest BCUT2D eigenvalue weighted by atomic mass is 9.72. The van der Waals surface area contributed by atoms with Gasteiger partial charge in [-0.15, -0.1) is 0 Å². The molecular weight excluding hydrogens is 263 g/mol. The molecule has 1 N–H and O–H groups in total. The van der Waals surface area contributed by atoms with Crippen molar-refractivity contribution in [1.29, 1.82) is 0 Å². The Hall–Kier alpha value is -2.11. The molecule has 0 saturated carbocycles. The molecule has 0 saturated heterocycles. The Labute approximate surface area is 125 Å². The van der Waals surface area contributed by atoms with Crippen molar-refractivity contribution >= 4 is 0 Å². The Morgan fingerprint density at radius 1 is 0.905 bits per heavy atom. The molecule has 0 amide bonds. The van der Waals surface area contributed by atoms with Crippen molar-refractivity contribution in [3.8, 4) is 11.8 Å². The second kappa shape index (κ2) is 5.71. The molecule has 0 aromatic heterocycles. The van der Waals surface area contributed by atoms with Crippen molar-refractivity contribution in [2.45, 2.75) is 26.4 Å². The van der Waals surface area contributed by atoms with Crippen LogP contribution in [-0.4, -0.2) is 5.11 Å². The van der Waals surface area contributed by atoms with Gasteiger partial charge in [0.15, 0.2) is 5.60 Å². The summed E-state index contributed by atoms with van der Waals surface area (Å²) in [6.07, 6.45) is 0. The van der Waals surface area contributed by atoms with Crippen LogP contribution in [0.25, 0.3) is 0 Å². The molecule has 1 nitrogen and oxygen atoms in total. The molecule has 108 valence electrons. The quantitative estimate of drug-likeness (QED) is 0.780. The predicted molar refractivity (Wildman–Crippen MR) is 83.1 cm³/mol. The van der Waals surface area contributed by atoms with Gasteiger partial charge in [0.05, 0.1) is 0 Å². The third-order valence-electron chi connectivity index (χ3n) is 3.51. The summed E-state index contributed by atoms with van der Waals surface area (Å²) in [7, 11) is 0. The van der Waals surface area contributed by atoms with E-state index in [1.807, 2.05) is 51.1 Å². The van der Waals surface area contributed by atoms with Crippen LogP contribution >= 0.6 is 0 Å². The second-order valence-corrected chi connectivity index (χ2v) is 6.08. The highest BCUT2D eigenvalue weighted by Gasteiger charge is 2.40. The van der Waals surface area contributed by atoms with Crippen LogP contribution in [0.2, 0.25) is 0 Å². The second-order valence-electron chi connectivity index (χ2n) is 6.08. The number of benzene rings is 2. The summed E-state index contributed by atoms with van der Waals surface area (Å²) in [5.74, 6) is 5.65. The van der Waals surface area contributed by atoms with Gasteiger partial charge in [-0.2, -0.15) is 0 Å². The first-order valence-electron chi connectivity index (χ1n) is 6.89.